The fourth-order valence-electron chi connectivity index (χ4n) is 0.753. The molecule has 0 aromatic rings. The maximum absolute atomic E-state index is 8.24. The zero-order chi connectivity index (χ0) is 7.82. The first-order valence-corrected chi connectivity index (χ1v) is 3.47. The molecule has 1 heterocycles. The average molecular weight is 430 g/mol. The average Bonchev–Trinajstić information content (AvgIpc) is 2.10. The van der Waals surface area contributed by atoms with Gasteiger partial charge in [-0.3, -0.25) is 0 Å². The molecule has 1 aliphatic rings. The Morgan fingerprint density at radius 2 is 1.69 bits per heavy atom. The van der Waals surface area contributed by atoms with Crippen LogP contribution in [0.3, 0.4) is 0 Å². The molecule has 5 heteroatoms. The Hall–Kier alpha value is 1.22. The van der Waals surface area contributed by atoms with Crippen molar-refractivity contribution in [1.29, 1.82) is 0 Å². The smallest absolute Gasteiger partial charge is 0.0536 e. The summed E-state index contributed by atoms with van der Waals surface area (Å²) < 4.78 is 0. The third-order valence-electron chi connectivity index (χ3n) is 1.26. The van der Waals surface area contributed by atoms with E-state index in [1.54, 1.807) is 6.92 Å². The molecule has 1 aliphatic heterocycles. The molecule has 0 amide bonds. The first kappa shape index (κ1) is 23.8. The predicted octanol–water partition coefficient (Wildman–Crippen LogP) is 2.27. The molecule has 1 saturated heterocycles. The molecule has 0 spiro atoms. The molecule has 0 saturated carbocycles. The van der Waals surface area contributed by atoms with Gasteiger partial charge in [-0.2, -0.15) is 6.92 Å². The van der Waals surface area contributed by atoms with Crippen molar-refractivity contribution < 1.29 is 59.0 Å². The van der Waals surface area contributed by atoms with Crippen LogP contribution in [0.2, 0.25) is 0 Å². The number of oxime groups is 1. The van der Waals surface area contributed by atoms with E-state index in [1.165, 1.54) is 0 Å². The molecule has 1 fully saturated rings. The van der Waals surface area contributed by atoms with Crippen molar-refractivity contribution in [2.24, 2.45) is 5.16 Å². The van der Waals surface area contributed by atoms with Gasteiger partial charge in [0.05, 0.1) is 5.71 Å². The fraction of sp³-hybridized carbons (Fsp3) is 0.625. The Bertz CT molecular complexity index is 104. The van der Waals surface area contributed by atoms with Crippen LogP contribution in [-0.2, 0) is 53.8 Å². The van der Waals surface area contributed by atoms with Gasteiger partial charge in [0.15, 0.2) is 0 Å². The molecular formula is C8H17N2OWY-3. The summed E-state index contributed by atoms with van der Waals surface area (Å²) in [6.45, 7) is 6.67. The molecule has 0 aromatic heterocycles. The summed E-state index contributed by atoms with van der Waals surface area (Å²) >= 11 is 0. The van der Waals surface area contributed by atoms with Crippen molar-refractivity contribution >= 4 is 5.71 Å². The van der Waals surface area contributed by atoms with Crippen LogP contribution in [0.4, 0.5) is 0 Å². The van der Waals surface area contributed by atoms with E-state index in [1.807, 2.05) is 0 Å². The molecule has 1 radical (unpaired) electrons. The van der Waals surface area contributed by atoms with Gasteiger partial charge in [-0.05, 0) is 12.8 Å². The van der Waals surface area contributed by atoms with Gasteiger partial charge in [0.25, 0.3) is 0 Å². The molecule has 0 atom stereocenters. The molecular weight excluding hydrogens is 413 g/mol. The standard InChI is InChI=1S/C5H9N2O.C2H5.CH3.W.Y/c8-7-5-1-3-6-4-2-5;1-2;;;/h8H,1-4H2;1H2,2H3;1H3;;/q3*-1;;. The normalized spacial score (nSPS) is 13.2. The minimum atomic E-state index is 0. The molecule has 0 aromatic carbocycles. The van der Waals surface area contributed by atoms with Crippen molar-refractivity contribution in [3.05, 3.63) is 19.7 Å². The van der Waals surface area contributed by atoms with Gasteiger partial charge < -0.3 is 24.9 Å². The molecule has 1 N–H and O–H groups in total. The van der Waals surface area contributed by atoms with Crippen LogP contribution >= 0.6 is 0 Å². The number of hydrogen-bond donors (Lipinski definition) is 1. The van der Waals surface area contributed by atoms with Crippen molar-refractivity contribution in [3.63, 3.8) is 0 Å². The summed E-state index contributed by atoms with van der Waals surface area (Å²) in [5, 5.41) is 15.4. The summed E-state index contributed by atoms with van der Waals surface area (Å²) in [6, 6.07) is 0. The van der Waals surface area contributed by atoms with E-state index in [0.717, 1.165) is 31.6 Å². The first-order chi connectivity index (χ1) is 4.93. The van der Waals surface area contributed by atoms with E-state index in [-0.39, 0.29) is 61.2 Å². The van der Waals surface area contributed by atoms with E-state index in [4.69, 9.17) is 5.21 Å². The molecule has 13 heavy (non-hydrogen) atoms. The third-order valence-corrected chi connectivity index (χ3v) is 1.26. The van der Waals surface area contributed by atoms with Crippen molar-refractivity contribution in [1.82, 2.24) is 0 Å². The SMILES string of the molecule is ON=C1CC[N-]CC1.[CH2-]C.[CH3-].[W].[Y]. The van der Waals surface area contributed by atoms with Crippen LogP contribution in [0.25, 0.3) is 5.32 Å². The largest absolute Gasteiger partial charge is 0.662 e. The quantitative estimate of drug-likeness (QED) is 0.358. The van der Waals surface area contributed by atoms with E-state index >= 15 is 0 Å². The van der Waals surface area contributed by atoms with E-state index < -0.39 is 0 Å². The maximum atomic E-state index is 8.24. The monoisotopic (exact) mass is 430 g/mol. The Balaban J connectivity index is -0.0000000761. The number of piperidine rings is 1. The summed E-state index contributed by atoms with van der Waals surface area (Å²) in [6.07, 6.45) is 1.69. The van der Waals surface area contributed by atoms with Crippen molar-refractivity contribution in [3.8, 4) is 0 Å². The molecule has 0 aliphatic carbocycles. The Morgan fingerprint density at radius 3 is 1.92 bits per heavy atom. The summed E-state index contributed by atoms with van der Waals surface area (Å²) in [5.41, 5.74) is 0.889. The van der Waals surface area contributed by atoms with Crippen LogP contribution in [0.1, 0.15) is 19.8 Å². The Kier molecular flexibility index (Phi) is 34.6. The predicted molar refractivity (Wildman–Crippen MR) is 49.0 cm³/mol. The summed E-state index contributed by atoms with van der Waals surface area (Å²) in [4.78, 5) is 0. The summed E-state index contributed by atoms with van der Waals surface area (Å²) in [7, 11) is 0. The van der Waals surface area contributed by atoms with Crippen LogP contribution in [0.15, 0.2) is 5.16 Å². The molecule has 0 unspecified atom stereocenters. The summed E-state index contributed by atoms with van der Waals surface area (Å²) in [5.74, 6) is 0. The molecule has 1 rings (SSSR count). The first-order valence-electron chi connectivity index (χ1n) is 3.47. The zero-order valence-electron chi connectivity index (χ0n) is 8.36. The van der Waals surface area contributed by atoms with E-state index in [2.05, 4.69) is 17.4 Å². The minimum absolute atomic E-state index is 0. The van der Waals surface area contributed by atoms with Gasteiger partial charge >= 0.3 is 0 Å². The van der Waals surface area contributed by atoms with Crippen molar-refractivity contribution in [2.75, 3.05) is 13.1 Å². The van der Waals surface area contributed by atoms with Gasteiger partial charge in [0.2, 0.25) is 0 Å². The van der Waals surface area contributed by atoms with Crippen molar-refractivity contribution in [2.45, 2.75) is 19.8 Å². The molecule has 77 valence electrons. The second-order valence-electron chi connectivity index (χ2n) is 1.84. The van der Waals surface area contributed by atoms with Gasteiger partial charge in [-0.15, -0.1) is 13.1 Å². The van der Waals surface area contributed by atoms with Gasteiger partial charge in [-0.25, -0.2) is 0 Å². The number of hydrogen-bond acceptors (Lipinski definition) is 2. The van der Waals surface area contributed by atoms with Gasteiger partial charge in [0.1, 0.15) is 0 Å². The van der Waals surface area contributed by atoms with E-state index in [9.17, 15) is 0 Å². The van der Waals surface area contributed by atoms with Gasteiger partial charge in [0, 0.05) is 53.8 Å². The second kappa shape index (κ2) is 18.9. The molecule has 3 nitrogen and oxygen atoms in total. The topological polar surface area (TPSA) is 46.7 Å². The fourth-order valence-corrected chi connectivity index (χ4v) is 0.753. The van der Waals surface area contributed by atoms with Crippen LogP contribution in [0.5, 0.6) is 0 Å². The van der Waals surface area contributed by atoms with Gasteiger partial charge in [-0.1, -0.05) is 5.16 Å². The van der Waals surface area contributed by atoms with Crippen LogP contribution in [-0.4, -0.2) is 24.0 Å². The second-order valence-corrected chi connectivity index (χ2v) is 1.84. The van der Waals surface area contributed by atoms with Crippen LogP contribution < -0.4 is 0 Å². The number of rotatable bonds is 0. The maximum Gasteiger partial charge on any atom is 0.0536 e. The third kappa shape index (κ3) is 13.2. The molecule has 0 bridgehead atoms. The minimum Gasteiger partial charge on any atom is -0.662 e. The van der Waals surface area contributed by atoms with E-state index in [0.29, 0.717) is 0 Å². The Labute approximate surface area is 121 Å². The number of nitrogens with zero attached hydrogens (tertiary/aromatic N) is 2. The zero-order valence-corrected chi connectivity index (χ0v) is 14.1. The van der Waals surface area contributed by atoms with Crippen LogP contribution in [0, 0.1) is 14.4 Å². The Morgan fingerprint density at radius 1 is 1.31 bits per heavy atom.